The second kappa shape index (κ2) is 8.05. The molecule has 1 aliphatic rings. The van der Waals surface area contributed by atoms with Crippen molar-refractivity contribution in [3.05, 3.63) is 83.4 Å². The van der Waals surface area contributed by atoms with Crippen molar-refractivity contribution in [1.82, 2.24) is 0 Å². The van der Waals surface area contributed by atoms with Crippen LogP contribution < -0.4 is 14.8 Å². The Kier molecular flexibility index (Phi) is 5.15. The number of aryl methyl sites for hydroxylation is 2. The number of ether oxygens (including phenoxy) is 2. The zero-order valence-electron chi connectivity index (χ0n) is 15.4. The molecule has 0 amide bonds. The summed E-state index contributed by atoms with van der Waals surface area (Å²) in [6, 6.07) is 21.0. The van der Waals surface area contributed by atoms with Crippen molar-refractivity contribution >= 4 is 17.3 Å². The van der Waals surface area contributed by atoms with Gasteiger partial charge < -0.3 is 19.9 Å². The SMILES string of the molecule is O=C(O)c1ccc(CCc2ccc3c(c2)OCCO3)cc1Nc1ccccc1. The maximum atomic E-state index is 11.6. The number of anilines is 2. The summed E-state index contributed by atoms with van der Waals surface area (Å²) in [6.07, 6.45) is 1.62. The molecule has 0 aromatic heterocycles. The van der Waals surface area contributed by atoms with Gasteiger partial charge in [-0.15, -0.1) is 0 Å². The van der Waals surface area contributed by atoms with Crippen LogP contribution >= 0.6 is 0 Å². The number of hydrogen-bond donors (Lipinski definition) is 2. The van der Waals surface area contributed by atoms with Gasteiger partial charge in [0.2, 0.25) is 0 Å². The maximum absolute atomic E-state index is 11.6. The third-order valence-electron chi connectivity index (χ3n) is 4.68. The molecular weight excluding hydrogens is 354 g/mol. The summed E-state index contributed by atoms with van der Waals surface area (Å²) in [7, 11) is 0. The molecule has 5 nitrogen and oxygen atoms in total. The van der Waals surface area contributed by atoms with Crippen LogP contribution in [0.25, 0.3) is 0 Å². The Labute approximate surface area is 163 Å². The van der Waals surface area contributed by atoms with Crippen LogP contribution in [0, 0.1) is 0 Å². The van der Waals surface area contributed by atoms with Crippen molar-refractivity contribution in [3.8, 4) is 11.5 Å². The number of aromatic carboxylic acids is 1. The maximum Gasteiger partial charge on any atom is 0.337 e. The normalized spacial score (nSPS) is 12.4. The monoisotopic (exact) mass is 375 g/mol. The van der Waals surface area contributed by atoms with E-state index in [1.807, 2.05) is 60.7 Å². The standard InChI is InChI=1S/C23H21NO4/c25-23(26)19-10-8-16(14-20(19)24-18-4-2-1-3-5-18)6-7-17-9-11-21-22(15-17)28-13-12-27-21/h1-5,8-11,14-15,24H,6-7,12-13H2,(H,25,26). The van der Waals surface area contributed by atoms with Gasteiger partial charge in [0.1, 0.15) is 13.2 Å². The van der Waals surface area contributed by atoms with Gasteiger partial charge in [0, 0.05) is 5.69 Å². The number of carboxylic acid groups (broad SMARTS) is 1. The van der Waals surface area contributed by atoms with Gasteiger partial charge in [0.15, 0.2) is 11.5 Å². The summed E-state index contributed by atoms with van der Waals surface area (Å²) in [6.45, 7) is 1.15. The molecule has 0 aliphatic carbocycles. The predicted molar refractivity (Wildman–Crippen MR) is 108 cm³/mol. The second-order valence-corrected chi connectivity index (χ2v) is 6.65. The lowest BCUT2D eigenvalue weighted by Gasteiger charge is -2.19. The first kappa shape index (κ1) is 17.9. The van der Waals surface area contributed by atoms with E-state index in [1.165, 1.54) is 0 Å². The Morgan fingerprint density at radius 1 is 0.857 bits per heavy atom. The number of nitrogens with one attached hydrogen (secondary N) is 1. The lowest BCUT2D eigenvalue weighted by molar-refractivity contribution is 0.0698. The first-order chi connectivity index (χ1) is 13.7. The highest BCUT2D eigenvalue weighted by atomic mass is 16.6. The summed E-state index contributed by atoms with van der Waals surface area (Å²) in [5.41, 5.74) is 3.93. The molecule has 3 aromatic carbocycles. The number of benzene rings is 3. The molecule has 0 bridgehead atoms. The number of carboxylic acids is 1. The number of fused-ring (bicyclic) bond motifs is 1. The number of rotatable bonds is 6. The smallest absolute Gasteiger partial charge is 0.337 e. The Morgan fingerprint density at radius 2 is 1.54 bits per heavy atom. The van der Waals surface area contributed by atoms with Crippen LogP contribution in [0.1, 0.15) is 21.5 Å². The van der Waals surface area contributed by atoms with Crippen LogP contribution in [0.15, 0.2) is 66.7 Å². The average molecular weight is 375 g/mol. The first-order valence-electron chi connectivity index (χ1n) is 9.26. The van der Waals surface area contributed by atoms with E-state index < -0.39 is 5.97 Å². The molecule has 0 atom stereocenters. The van der Waals surface area contributed by atoms with Crippen LogP contribution in [0.2, 0.25) is 0 Å². The van der Waals surface area contributed by atoms with Crippen LogP contribution in [0.4, 0.5) is 11.4 Å². The minimum absolute atomic E-state index is 0.256. The minimum atomic E-state index is -0.947. The molecule has 0 spiro atoms. The van der Waals surface area contributed by atoms with Crippen LogP contribution in [0.3, 0.4) is 0 Å². The minimum Gasteiger partial charge on any atom is -0.486 e. The molecule has 0 saturated carbocycles. The second-order valence-electron chi connectivity index (χ2n) is 6.65. The summed E-state index contributed by atoms with van der Waals surface area (Å²) in [4.78, 5) is 11.6. The summed E-state index contributed by atoms with van der Waals surface area (Å²) < 4.78 is 11.2. The van der Waals surface area contributed by atoms with Crippen LogP contribution in [-0.4, -0.2) is 24.3 Å². The highest BCUT2D eigenvalue weighted by molar-refractivity contribution is 5.95. The molecule has 28 heavy (non-hydrogen) atoms. The van der Waals surface area contributed by atoms with Crippen molar-refractivity contribution in [1.29, 1.82) is 0 Å². The van der Waals surface area contributed by atoms with Crippen molar-refractivity contribution in [2.75, 3.05) is 18.5 Å². The summed E-state index contributed by atoms with van der Waals surface area (Å²) >= 11 is 0. The van der Waals surface area contributed by atoms with E-state index >= 15 is 0 Å². The highest BCUT2D eigenvalue weighted by Gasteiger charge is 2.13. The van der Waals surface area contributed by atoms with Crippen molar-refractivity contribution in [2.24, 2.45) is 0 Å². The van der Waals surface area contributed by atoms with Gasteiger partial charge in [-0.3, -0.25) is 0 Å². The lowest BCUT2D eigenvalue weighted by atomic mass is 10.0. The molecule has 1 aliphatic heterocycles. The Hall–Kier alpha value is -3.47. The van der Waals surface area contributed by atoms with E-state index in [0.29, 0.717) is 18.9 Å². The molecule has 0 saturated heterocycles. The van der Waals surface area contributed by atoms with Gasteiger partial charge in [-0.1, -0.05) is 30.3 Å². The van der Waals surface area contributed by atoms with Gasteiger partial charge in [0.25, 0.3) is 0 Å². The van der Waals surface area contributed by atoms with Crippen LogP contribution in [-0.2, 0) is 12.8 Å². The Morgan fingerprint density at radius 3 is 2.29 bits per heavy atom. The van der Waals surface area contributed by atoms with Gasteiger partial charge >= 0.3 is 5.97 Å². The largest absolute Gasteiger partial charge is 0.486 e. The quantitative estimate of drug-likeness (QED) is 0.654. The predicted octanol–water partition coefficient (Wildman–Crippen LogP) is 4.68. The third kappa shape index (κ3) is 4.09. The fraction of sp³-hybridized carbons (Fsp3) is 0.174. The Balaban J connectivity index is 1.51. The van der Waals surface area contributed by atoms with Crippen molar-refractivity contribution in [3.63, 3.8) is 0 Å². The fourth-order valence-electron chi connectivity index (χ4n) is 3.25. The van der Waals surface area contributed by atoms with Gasteiger partial charge in [0.05, 0.1) is 11.3 Å². The van der Waals surface area contributed by atoms with Crippen molar-refractivity contribution < 1.29 is 19.4 Å². The molecule has 0 fully saturated rings. The molecule has 0 unspecified atom stereocenters. The van der Waals surface area contributed by atoms with E-state index in [1.54, 1.807) is 6.07 Å². The topological polar surface area (TPSA) is 67.8 Å². The lowest BCUT2D eigenvalue weighted by Crippen LogP contribution is -2.15. The molecule has 0 radical (unpaired) electrons. The summed E-state index contributed by atoms with van der Waals surface area (Å²) in [5.74, 6) is 0.628. The van der Waals surface area contributed by atoms with E-state index in [0.717, 1.165) is 41.2 Å². The molecular formula is C23H21NO4. The van der Waals surface area contributed by atoms with E-state index in [4.69, 9.17) is 9.47 Å². The first-order valence-corrected chi connectivity index (χ1v) is 9.26. The molecule has 142 valence electrons. The van der Waals surface area contributed by atoms with Crippen molar-refractivity contribution in [2.45, 2.75) is 12.8 Å². The van der Waals surface area contributed by atoms with Crippen LogP contribution in [0.5, 0.6) is 11.5 Å². The number of para-hydroxylation sites is 1. The van der Waals surface area contributed by atoms with E-state index in [9.17, 15) is 9.90 Å². The van der Waals surface area contributed by atoms with Gasteiger partial charge in [-0.05, 0) is 60.4 Å². The molecule has 2 N–H and O–H groups in total. The fourth-order valence-corrected chi connectivity index (χ4v) is 3.25. The number of carbonyl (C=O) groups is 1. The third-order valence-corrected chi connectivity index (χ3v) is 4.68. The molecule has 5 heteroatoms. The zero-order chi connectivity index (χ0) is 19.3. The van der Waals surface area contributed by atoms with E-state index in [2.05, 4.69) is 5.32 Å². The summed E-state index contributed by atoms with van der Waals surface area (Å²) in [5, 5.41) is 12.7. The highest BCUT2D eigenvalue weighted by Crippen LogP contribution is 2.31. The number of hydrogen-bond acceptors (Lipinski definition) is 4. The van der Waals surface area contributed by atoms with E-state index in [-0.39, 0.29) is 5.56 Å². The molecule has 3 aromatic rings. The molecule has 1 heterocycles. The zero-order valence-corrected chi connectivity index (χ0v) is 15.4. The van der Waals surface area contributed by atoms with Gasteiger partial charge in [-0.2, -0.15) is 0 Å². The molecule has 4 rings (SSSR count). The Bertz CT molecular complexity index is 985. The van der Waals surface area contributed by atoms with Gasteiger partial charge in [-0.25, -0.2) is 4.79 Å². The average Bonchev–Trinajstić information content (AvgIpc) is 2.73.